The van der Waals surface area contributed by atoms with Crippen LogP contribution in [0.4, 0.5) is 0 Å². The Labute approximate surface area is 139 Å². The first kappa shape index (κ1) is 18.4. The highest BCUT2D eigenvalue weighted by Crippen LogP contribution is 2.20. The van der Waals surface area contributed by atoms with Crippen LogP contribution in [0.2, 0.25) is 0 Å². The highest BCUT2D eigenvalue weighted by atomic mass is 32.2. The van der Waals surface area contributed by atoms with Crippen LogP contribution in [-0.2, 0) is 21.3 Å². The number of nitrogens with zero attached hydrogens (tertiary/aromatic N) is 1. The zero-order valence-corrected chi connectivity index (χ0v) is 14.8. The zero-order valence-electron chi connectivity index (χ0n) is 13.9. The predicted octanol–water partition coefficient (Wildman–Crippen LogP) is 2.16. The number of ether oxygens (including phenoxy) is 1. The smallest absolute Gasteiger partial charge is 0.217 e. The maximum atomic E-state index is 12.8. The molecule has 1 N–H and O–H groups in total. The molecule has 1 saturated heterocycles. The fourth-order valence-corrected chi connectivity index (χ4v) is 4.55. The highest BCUT2D eigenvalue weighted by molar-refractivity contribution is 7.89. The molecule has 2 rings (SSSR count). The van der Waals surface area contributed by atoms with Crippen molar-refractivity contribution in [3.8, 4) is 0 Å². The second-order valence-corrected chi connectivity index (χ2v) is 8.85. The second kappa shape index (κ2) is 7.75. The van der Waals surface area contributed by atoms with Gasteiger partial charge in [-0.3, -0.25) is 0 Å². The summed E-state index contributed by atoms with van der Waals surface area (Å²) in [7, 11) is -3.51. The molecule has 1 aliphatic heterocycles. The molecule has 130 valence electrons. The van der Waals surface area contributed by atoms with Gasteiger partial charge < -0.3 is 9.84 Å². The van der Waals surface area contributed by atoms with Gasteiger partial charge in [0.25, 0.3) is 0 Å². The molecular weight excluding hydrogens is 314 g/mol. The van der Waals surface area contributed by atoms with E-state index in [-0.39, 0.29) is 24.9 Å². The third-order valence-corrected chi connectivity index (χ3v) is 5.67. The van der Waals surface area contributed by atoms with Crippen molar-refractivity contribution < 1.29 is 18.3 Å². The topological polar surface area (TPSA) is 66.8 Å². The van der Waals surface area contributed by atoms with E-state index in [1.165, 1.54) is 4.31 Å². The van der Waals surface area contributed by atoms with E-state index in [1.54, 1.807) is 13.8 Å². The summed E-state index contributed by atoms with van der Waals surface area (Å²) in [4.78, 5) is 0. The fraction of sp³-hybridized carbons (Fsp3) is 0.647. The Morgan fingerprint density at radius 3 is 2.52 bits per heavy atom. The summed E-state index contributed by atoms with van der Waals surface area (Å²) >= 11 is 0. The van der Waals surface area contributed by atoms with Crippen LogP contribution in [0.1, 0.15) is 38.7 Å². The second-order valence-electron chi connectivity index (χ2n) is 6.83. The lowest BCUT2D eigenvalue weighted by atomic mass is 10.1. The van der Waals surface area contributed by atoms with Gasteiger partial charge in [0.1, 0.15) is 0 Å². The van der Waals surface area contributed by atoms with E-state index in [0.717, 1.165) is 24.8 Å². The van der Waals surface area contributed by atoms with Gasteiger partial charge in [-0.2, -0.15) is 4.31 Å². The molecule has 0 radical (unpaired) electrons. The van der Waals surface area contributed by atoms with Crippen molar-refractivity contribution in [1.29, 1.82) is 0 Å². The molecular formula is C17H27NO4S. The van der Waals surface area contributed by atoms with Gasteiger partial charge in [-0.05, 0) is 38.7 Å². The van der Waals surface area contributed by atoms with Gasteiger partial charge in [-0.15, -0.1) is 0 Å². The molecule has 6 heteroatoms. The van der Waals surface area contributed by atoms with Gasteiger partial charge in [-0.25, -0.2) is 8.42 Å². The van der Waals surface area contributed by atoms with Crippen LogP contribution in [0.5, 0.6) is 0 Å². The molecule has 0 unspecified atom stereocenters. The van der Waals surface area contributed by atoms with E-state index in [4.69, 9.17) is 4.74 Å². The minimum atomic E-state index is -3.51. The molecule has 0 spiro atoms. The van der Waals surface area contributed by atoms with Gasteiger partial charge in [0.05, 0.1) is 17.5 Å². The van der Waals surface area contributed by atoms with E-state index in [2.05, 4.69) is 0 Å². The number of rotatable bonds is 7. The first-order chi connectivity index (χ1) is 10.8. The van der Waals surface area contributed by atoms with Crippen LogP contribution in [0.15, 0.2) is 30.3 Å². The zero-order chi connectivity index (χ0) is 16.9. The Morgan fingerprint density at radius 1 is 1.26 bits per heavy atom. The quantitative estimate of drug-likeness (QED) is 0.825. The van der Waals surface area contributed by atoms with Crippen LogP contribution >= 0.6 is 0 Å². The molecule has 5 nitrogen and oxygen atoms in total. The molecule has 0 amide bonds. The lowest BCUT2D eigenvalue weighted by molar-refractivity contribution is 0.0283. The van der Waals surface area contributed by atoms with E-state index in [1.807, 2.05) is 30.3 Å². The van der Waals surface area contributed by atoms with Crippen molar-refractivity contribution in [2.45, 2.75) is 51.4 Å². The molecule has 1 heterocycles. The summed E-state index contributed by atoms with van der Waals surface area (Å²) in [6.45, 7) is 4.20. The predicted molar refractivity (Wildman–Crippen MR) is 90.5 cm³/mol. The summed E-state index contributed by atoms with van der Waals surface area (Å²) in [6.07, 6.45) is 2.54. The Bertz CT molecular complexity index is 574. The van der Waals surface area contributed by atoms with Crippen molar-refractivity contribution >= 4 is 10.0 Å². The number of hydrogen-bond acceptors (Lipinski definition) is 4. The maximum Gasteiger partial charge on any atom is 0.217 e. The summed E-state index contributed by atoms with van der Waals surface area (Å²) in [6, 6.07) is 9.45. The average Bonchev–Trinajstić information content (AvgIpc) is 2.47. The van der Waals surface area contributed by atoms with Crippen molar-refractivity contribution in [1.82, 2.24) is 4.31 Å². The largest absolute Gasteiger partial charge is 0.389 e. The normalized spacial score (nSPS) is 19.9. The van der Waals surface area contributed by atoms with Gasteiger partial charge in [0.15, 0.2) is 0 Å². The fourth-order valence-electron chi connectivity index (χ4n) is 2.75. The lowest BCUT2D eigenvalue weighted by Gasteiger charge is -2.31. The summed E-state index contributed by atoms with van der Waals surface area (Å²) in [5, 5.41) is 10.1. The van der Waals surface area contributed by atoms with Crippen molar-refractivity contribution in [2.75, 3.05) is 18.9 Å². The van der Waals surface area contributed by atoms with E-state index in [9.17, 15) is 13.5 Å². The van der Waals surface area contributed by atoms with Crippen LogP contribution < -0.4 is 0 Å². The number of hydrogen-bond donors (Lipinski definition) is 1. The average molecular weight is 341 g/mol. The SMILES string of the molecule is CC(C)(O)CN(Cc1ccccc1)S(=O)(=O)C[C@H]1CCCCO1. The summed E-state index contributed by atoms with van der Waals surface area (Å²) in [5.41, 5.74) is -0.181. The molecule has 23 heavy (non-hydrogen) atoms. The number of benzene rings is 1. The van der Waals surface area contributed by atoms with Crippen LogP contribution in [0, 0.1) is 0 Å². The minimum Gasteiger partial charge on any atom is -0.389 e. The van der Waals surface area contributed by atoms with Crippen molar-refractivity contribution in [3.05, 3.63) is 35.9 Å². The van der Waals surface area contributed by atoms with Crippen molar-refractivity contribution in [3.63, 3.8) is 0 Å². The summed E-state index contributed by atoms with van der Waals surface area (Å²) in [5.74, 6) is -0.0179. The molecule has 1 fully saturated rings. The molecule has 0 bridgehead atoms. The van der Waals surface area contributed by atoms with Crippen LogP contribution in [0.3, 0.4) is 0 Å². The van der Waals surface area contributed by atoms with E-state index < -0.39 is 15.6 Å². The van der Waals surface area contributed by atoms with Gasteiger partial charge >= 0.3 is 0 Å². The first-order valence-corrected chi connectivity index (χ1v) is 9.73. The monoisotopic (exact) mass is 341 g/mol. The Kier molecular flexibility index (Phi) is 6.19. The molecule has 1 aromatic rings. The molecule has 0 aromatic heterocycles. The van der Waals surface area contributed by atoms with E-state index in [0.29, 0.717) is 6.61 Å². The third-order valence-electron chi connectivity index (χ3n) is 3.83. The minimum absolute atomic E-state index is 0.0179. The standard InChI is InChI=1S/C17H27NO4S/c1-17(2,19)14-18(12-15-8-4-3-5-9-15)23(20,21)13-16-10-6-7-11-22-16/h3-5,8-9,16,19H,6-7,10-14H2,1-2H3/t16-/m1/s1. The van der Waals surface area contributed by atoms with Crippen LogP contribution in [-0.4, -0.2) is 48.4 Å². The molecule has 1 atom stereocenters. The van der Waals surface area contributed by atoms with E-state index >= 15 is 0 Å². The number of aliphatic hydroxyl groups is 1. The molecule has 0 saturated carbocycles. The number of sulfonamides is 1. The molecule has 0 aliphatic carbocycles. The lowest BCUT2D eigenvalue weighted by Crippen LogP contribution is -2.45. The van der Waals surface area contributed by atoms with Crippen molar-refractivity contribution in [2.24, 2.45) is 0 Å². The highest BCUT2D eigenvalue weighted by Gasteiger charge is 2.31. The molecule has 1 aliphatic rings. The maximum absolute atomic E-state index is 12.8. The third kappa shape index (κ3) is 6.22. The van der Waals surface area contributed by atoms with Gasteiger partial charge in [-0.1, -0.05) is 30.3 Å². The Hall–Kier alpha value is -0.950. The first-order valence-electron chi connectivity index (χ1n) is 8.12. The Morgan fingerprint density at radius 2 is 1.96 bits per heavy atom. The Balaban J connectivity index is 2.13. The van der Waals surface area contributed by atoms with Crippen LogP contribution in [0.25, 0.3) is 0 Å². The summed E-state index contributed by atoms with van der Waals surface area (Å²) < 4.78 is 32.6. The van der Waals surface area contributed by atoms with Gasteiger partial charge in [0, 0.05) is 19.7 Å². The van der Waals surface area contributed by atoms with Gasteiger partial charge in [0.2, 0.25) is 10.0 Å². The molecule has 1 aromatic carbocycles.